The first-order chi connectivity index (χ1) is 10.5. The molecule has 118 valence electrons. The van der Waals surface area contributed by atoms with Crippen LogP contribution in [0.4, 0.5) is 0 Å². The smallest absolute Gasteiger partial charge is 0.207 e. The van der Waals surface area contributed by atoms with E-state index in [2.05, 4.69) is 10.2 Å². The van der Waals surface area contributed by atoms with Crippen molar-refractivity contribution < 1.29 is 8.42 Å². The maximum Gasteiger partial charge on any atom is 0.243 e. The fraction of sp³-hybridized carbons (Fsp3) is 0.467. The molecular weight excluding hydrogens is 300 g/mol. The summed E-state index contributed by atoms with van der Waals surface area (Å²) in [7, 11) is -3.42. The van der Waals surface area contributed by atoms with Crippen LogP contribution in [0.15, 0.2) is 35.5 Å². The van der Waals surface area contributed by atoms with Crippen LogP contribution >= 0.6 is 0 Å². The molecular formula is C15H20N4O2S. The lowest BCUT2D eigenvalue weighted by Crippen LogP contribution is -2.39. The molecule has 2 aromatic rings. The zero-order chi connectivity index (χ0) is 15.7. The zero-order valence-corrected chi connectivity index (χ0v) is 13.6. The number of hydrogen-bond donors (Lipinski definition) is 0. The molecule has 0 unspecified atom stereocenters. The third-order valence-electron chi connectivity index (χ3n) is 4.13. The summed E-state index contributed by atoms with van der Waals surface area (Å²) in [5.74, 6) is 0. The highest BCUT2D eigenvalue weighted by atomic mass is 32.2. The molecule has 22 heavy (non-hydrogen) atoms. The SMILES string of the molecule is Cc1ccc(S(=O)(=O)N2CCC(n3nccn3)CC2)c(C)c1. The molecule has 0 N–H and O–H groups in total. The highest BCUT2D eigenvalue weighted by Gasteiger charge is 2.31. The summed E-state index contributed by atoms with van der Waals surface area (Å²) in [5.41, 5.74) is 1.87. The summed E-state index contributed by atoms with van der Waals surface area (Å²) in [6.45, 7) is 4.82. The van der Waals surface area contributed by atoms with Gasteiger partial charge in [-0.3, -0.25) is 0 Å². The zero-order valence-electron chi connectivity index (χ0n) is 12.8. The van der Waals surface area contributed by atoms with Crippen molar-refractivity contribution in [2.24, 2.45) is 0 Å². The van der Waals surface area contributed by atoms with Gasteiger partial charge in [0.15, 0.2) is 0 Å². The molecule has 1 aromatic carbocycles. The minimum atomic E-state index is -3.42. The fourth-order valence-electron chi connectivity index (χ4n) is 2.96. The molecule has 0 atom stereocenters. The molecule has 0 amide bonds. The predicted octanol–water partition coefficient (Wildman–Crippen LogP) is 1.92. The summed E-state index contributed by atoms with van der Waals surface area (Å²) in [5, 5.41) is 8.29. The Morgan fingerprint density at radius 1 is 1.09 bits per heavy atom. The van der Waals surface area contributed by atoms with Crippen molar-refractivity contribution in [3.8, 4) is 0 Å². The number of hydrogen-bond acceptors (Lipinski definition) is 4. The van der Waals surface area contributed by atoms with E-state index in [9.17, 15) is 8.42 Å². The first-order valence-corrected chi connectivity index (χ1v) is 8.86. The first-order valence-electron chi connectivity index (χ1n) is 7.41. The van der Waals surface area contributed by atoms with Crippen LogP contribution in [0.25, 0.3) is 0 Å². The van der Waals surface area contributed by atoms with Gasteiger partial charge in [0.1, 0.15) is 0 Å². The van der Waals surface area contributed by atoms with E-state index in [-0.39, 0.29) is 6.04 Å². The largest absolute Gasteiger partial charge is 0.243 e. The molecule has 6 nitrogen and oxygen atoms in total. The third-order valence-corrected chi connectivity index (χ3v) is 6.19. The molecule has 1 saturated heterocycles. The second-order valence-electron chi connectivity index (χ2n) is 5.75. The van der Waals surface area contributed by atoms with E-state index in [0.29, 0.717) is 18.0 Å². The van der Waals surface area contributed by atoms with E-state index in [1.165, 1.54) is 0 Å². The Morgan fingerprint density at radius 3 is 2.32 bits per heavy atom. The van der Waals surface area contributed by atoms with Crippen LogP contribution < -0.4 is 0 Å². The van der Waals surface area contributed by atoms with Crippen LogP contribution in [-0.4, -0.2) is 40.8 Å². The van der Waals surface area contributed by atoms with Gasteiger partial charge in [-0.2, -0.15) is 19.3 Å². The van der Waals surface area contributed by atoms with Crippen LogP contribution in [0.3, 0.4) is 0 Å². The molecule has 2 heterocycles. The highest BCUT2D eigenvalue weighted by molar-refractivity contribution is 7.89. The van der Waals surface area contributed by atoms with E-state index < -0.39 is 10.0 Å². The number of rotatable bonds is 3. The minimum absolute atomic E-state index is 0.181. The lowest BCUT2D eigenvalue weighted by molar-refractivity contribution is 0.245. The van der Waals surface area contributed by atoms with Gasteiger partial charge in [0.05, 0.1) is 23.3 Å². The first kappa shape index (κ1) is 15.2. The van der Waals surface area contributed by atoms with Crippen LogP contribution in [-0.2, 0) is 10.0 Å². The number of aromatic nitrogens is 3. The topological polar surface area (TPSA) is 68.1 Å². The van der Waals surface area contributed by atoms with Crippen LogP contribution in [0.2, 0.25) is 0 Å². The van der Waals surface area contributed by atoms with Crippen molar-refractivity contribution in [1.29, 1.82) is 0 Å². The Labute approximate surface area is 130 Å². The monoisotopic (exact) mass is 320 g/mol. The Bertz CT molecular complexity index is 748. The Kier molecular flexibility index (Phi) is 4.01. The standard InChI is InChI=1S/C15H20N4O2S/c1-12-3-4-15(13(2)11-12)22(20,21)18-9-5-14(6-10-18)19-16-7-8-17-19/h3-4,7-8,11,14H,5-6,9-10H2,1-2H3. The molecule has 0 saturated carbocycles. The highest BCUT2D eigenvalue weighted by Crippen LogP contribution is 2.27. The summed E-state index contributed by atoms with van der Waals surface area (Å²) in [6, 6.07) is 5.65. The summed E-state index contributed by atoms with van der Waals surface area (Å²) >= 11 is 0. The number of benzene rings is 1. The van der Waals surface area contributed by atoms with Gasteiger partial charge in [-0.15, -0.1) is 0 Å². The van der Waals surface area contributed by atoms with Gasteiger partial charge in [-0.1, -0.05) is 17.7 Å². The normalized spacial score (nSPS) is 17.7. The quantitative estimate of drug-likeness (QED) is 0.866. The minimum Gasteiger partial charge on any atom is -0.207 e. The van der Waals surface area contributed by atoms with Crippen LogP contribution in [0.1, 0.15) is 30.0 Å². The van der Waals surface area contributed by atoms with Crippen molar-refractivity contribution in [3.05, 3.63) is 41.7 Å². The van der Waals surface area contributed by atoms with Gasteiger partial charge in [0.25, 0.3) is 0 Å². The van der Waals surface area contributed by atoms with Crippen molar-refractivity contribution in [1.82, 2.24) is 19.3 Å². The second kappa shape index (κ2) is 5.81. The molecule has 0 spiro atoms. The second-order valence-corrected chi connectivity index (χ2v) is 7.66. The lowest BCUT2D eigenvalue weighted by atomic mass is 10.1. The summed E-state index contributed by atoms with van der Waals surface area (Å²) in [6.07, 6.45) is 4.77. The molecule has 1 aliphatic rings. The van der Waals surface area contributed by atoms with E-state index in [1.807, 2.05) is 26.0 Å². The Morgan fingerprint density at radius 2 is 1.73 bits per heavy atom. The predicted molar refractivity (Wildman–Crippen MR) is 83.0 cm³/mol. The molecule has 0 aliphatic carbocycles. The number of piperidine rings is 1. The van der Waals surface area contributed by atoms with Crippen molar-refractivity contribution >= 4 is 10.0 Å². The maximum absolute atomic E-state index is 12.8. The molecule has 1 fully saturated rings. The van der Waals surface area contributed by atoms with Gasteiger partial charge in [-0.25, -0.2) is 8.42 Å². The number of sulfonamides is 1. The van der Waals surface area contributed by atoms with Gasteiger partial charge < -0.3 is 0 Å². The van der Waals surface area contributed by atoms with E-state index in [0.717, 1.165) is 24.0 Å². The van der Waals surface area contributed by atoms with Crippen molar-refractivity contribution in [2.45, 2.75) is 37.6 Å². The van der Waals surface area contributed by atoms with Crippen molar-refractivity contribution in [3.63, 3.8) is 0 Å². The molecule has 3 rings (SSSR count). The molecule has 7 heteroatoms. The van der Waals surface area contributed by atoms with E-state index in [4.69, 9.17) is 0 Å². The van der Waals surface area contributed by atoms with E-state index in [1.54, 1.807) is 27.6 Å². The average Bonchev–Trinajstić information content (AvgIpc) is 3.01. The average molecular weight is 320 g/mol. The van der Waals surface area contributed by atoms with Crippen LogP contribution in [0, 0.1) is 13.8 Å². The van der Waals surface area contributed by atoms with E-state index >= 15 is 0 Å². The van der Waals surface area contributed by atoms with Crippen molar-refractivity contribution in [2.75, 3.05) is 13.1 Å². The summed E-state index contributed by atoms with van der Waals surface area (Å²) in [4.78, 5) is 2.09. The summed E-state index contributed by atoms with van der Waals surface area (Å²) < 4.78 is 27.2. The van der Waals surface area contributed by atoms with Gasteiger partial charge in [-0.05, 0) is 38.3 Å². The maximum atomic E-state index is 12.8. The van der Waals surface area contributed by atoms with Crippen LogP contribution in [0.5, 0.6) is 0 Å². The number of aryl methyl sites for hydroxylation is 2. The fourth-order valence-corrected chi connectivity index (χ4v) is 4.63. The van der Waals surface area contributed by atoms with Gasteiger partial charge in [0, 0.05) is 13.1 Å². The van der Waals surface area contributed by atoms with Gasteiger partial charge >= 0.3 is 0 Å². The molecule has 1 aromatic heterocycles. The van der Waals surface area contributed by atoms with Gasteiger partial charge in [0.2, 0.25) is 10.0 Å². The Hall–Kier alpha value is -1.73. The third kappa shape index (κ3) is 2.78. The molecule has 0 radical (unpaired) electrons. The molecule has 1 aliphatic heterocycles. The lowest BCUT2D eigenvalue weighted by Gasteiger charge is -2.31. The number of nitrogens with zero attached hydrogens (tertiary/aromatic N) is 4. The Balaban J connectivity index is 1.77. The molecule has 0 bridgehead atoms.